The van der Waals surface area contributed by atoms with Crippen LogP contribution in [0.3, 0.4) is 0 Å². The number of hydrogen-bond acceptors (Lipinski definition) is 8. The van der Waals surface area contributed by atoms with Crippen molar-refractivity contribution < 1.29 is 22.7 Å². The molecule has 0 aliphatic heterocycles. The van der Waals surface area contributed by atoms with Crippen molar-refractivity contribution in [3.63, 3.8) is 0 Å². The Hall–Kier alpha value is -2.69. The number of esters is 1. The van der Waals surface area contributed by atoms with Crippen molar-refractivity contribution in [2.24, 2.45) is 0 Å². The molecule has 8 nitrogen and oxygen atoms in total. The first-order chi connectivity index (χ1) is 13.3. The number of anilines is 1. The maximum atomic E-state index is 12.6. The van der Waals surface area contributed by atoms with Gasteiger partial charge in [0.25, 0.3) is 10.0 Å². The molecular formula is C17H14ClN3O5S2. The Morgan fingerprint density at radius 2 is 1.82 bits per heavy atom. The average Bonchev–Trinajstić information content (AvgIpc) is 3.15. The predicted octanol–water partition coefficient (Wildman–Crippen LogP) is 3.45. The molecule has 11 heteroatoms. The minimum atomic E-state index is -4.00. The Balaban J connectivity index is 1.85. The number of carbonyl (C=O) groups is 1. The highest BCUT2D eigenvalue weighted by molar-refractivity contribution is 7.93. The highest BCUT2D eigenvalue weighted by atomic mass is 35.5. The monoisotopic (exact) mass is 439 g/mol. The van der Waals surface area contributed by atoms with Crippen LogP contribution in [-0.2, 0) is 14.8 Å². The molecule has 0 aliphatic carbocycles. The molecule has 0 atom stereocenters. The summed E-state index contributed by atoms with van der Waals surface area (Å²) in [6.07, 6.45) is 0. The maximum absolute atomic E-state index is 12.6. The third-order valence-electron chi connectivity index (χ3n) is 3.64. The normalized spacial score (nSPS) is 11.1. The van der Waals surface area contributed by atoms with Crippen molar-refractivity contribution in [3.8, 4) is 16.3 Å². The minimum absolute atomic E-state index is 0.0526. The lowest BCUT2D eigenvalue weighted by Gasteiger charge is -2.07. The van der Waals surface area contributed by atoms with E-state index in [9.17, 15) is 13.2 Å². The van der Waals surface area contributed by atoms with E-state index in [2.05, 4.69) is 19.7 Å². The lowest BCUT2D eigenvalue weighted by atomic mass is 10.2. The van der Waals surface area contributed by atoms with Gasteiger partial charge in [0.15, 0.2) is 0 Å². The van der Waals surface area contributed by atoms with Gasteiger partial charge in [-0.25, -0.2) is 13.2 Å². The smallest absolute Gasteiger partial charge is 0.339 e. The molecule has 1 N–H and O–H groups in total. The molecule has 3 rings (SSSR count). The highest BCUT2D eigenvalue weighted by Gasteiger charge is 2.21. The maximum Gasteiger partial charge on any atom is 0.339 e. The third kappa shape index (κ3) is 4.24. The van der Waals surface area contributed by atoms with Gasteiger partial charge in [0.1, 0.15) is 10.8 Å². The Kier molecular flexibility index (Phi) is 5.82. The summed E-state index contributed by atoms with van der Waals surface area (Å²) in [5, 5.41) is 8.57. The molecule has 2 aromatic carbocycles. The molecule has 1 heterocycles. The van der Waals surface area contributed by atoms with Crippen LogP contribution in [0.4, 0.5) is 5.13 Å². The Morgan fingerprint density at radius 3 is 2.46 bits per heavy atom. The molecule has 0 bridgehead atoms. The van der Waals surface area contributed by atoms with Crippen molar-refractivity contribution in [1.82, 2.24) is 10.2 Å². The second kappa shape index (κ2) is 8.13. The SMILES string of the molecule is COC(=O)c1cc(S(=O)(=O)Nc2nnc(-c3ccc(OC)cc3)s2)ccc1Cl. The van der Waals surface area contributed by atoms with E-state index >= 15 is 0 Å². The zero-order chi connectivity index (χ0) is 20.3. The molecule has 0 spiro atoms. The van der Waals surface area contributed by atoms with Crippen LogP contribution in [0.2, 0.25) is 5.02 Å². The number of hydrogen-bond donors (Lipinski definition) is 1. The van der Waals surface area contributed by atoms with Crippen LogP contribution < -0.4 is 9.46 Å². The Morgan fingerprint density at radius 1 is 1.11 bits per heavy atom. The highest BCUT2D eigenvalue weighted by Crippen LogP contribution is 2.29. The first-order valence-corrected chi connectivity index (χ1v) is 10.4. The van der Waals surface area contributed by atoms with Gasteiger partial charge in [-0.3, -0.25) is 4.72 Å². The number of aromatic nitrogens is 2. The molecule has 1 aromatic heterocycles. The van der Waals surface area contributed by atoms with E-state index in [-0.39, 0.29) is 20.6 Å². The van der Waals surface area contributed by atoms with Crippen LogP contribution in [0.5, 0.6) is 5.75 Å². The minimum Gasteiger partial charge on any atom is -0.497 e. The van der Waals surface area contributed by atoms with E-state index in [4.69, 9.17) is 16.3 Å². The summed E-state index contributed by atoms with van der Waals surface area (Å²) in [6, 6.07) is 10.8. The molecule has 0 amide bonds. The molecular weight excluding hydrogens is 426 g/mol. The number of nitrogens with one attached hydrogen (secondary N) is 1. The van der Waals surface area contributed by atoms with Crippen molar-refractivity contribution in [2.45, 2.75) is 4.90 Å². The summed E-state index contributed by atoms with van der Waals surface area (Å²) in [5.41, 5.74) is 0.714. The lowest BCUT2D eigenvalue weighted by Crippen LogP contribution is -2.14. The van der Waals surface area contributed by atoms with Crippen LogP contribution in [0.1, 0.15) is 10.4 Å². The number of rotatable bonds is 6. The molecule has 28 heavy (non-hydrogen) atoms. The van der Waals surface area contributed by atoms with Crippen LogP contribution in [0.15, 0.2) is 47.4 Å². The van der Waals surface area contributed by atoms with Crippen LogP contribution >= 0.6 is 22.9 Å². The first kappa shape index (κ1) is 20.1. The summed E-state index contributed by atoms with van der Waals surface area (Å²) in [4.78, 5) is 11.6. The quantitative estimate of drug-likeness (QED) is 0.586. The van der Waals surface area contributed by atoms with Crippen molar-refractivity contribution in [3.05, 3.63) is 53.1 Å². The molecule has 0 unspecified atom stereocenters. The van der Waals surface area contributed by atoms with Gasteiger partial charge in [0.05, 0.1) is 29.7 Å². The summed E-state index contributed by atoms with van der Waals surface area (Å²) in [5.74, 6) is -0.0434. The van der Waals surface area contributed by atoms with E-state index < -0.39 is 16.0 Å². The van der Waals surface area contributed by atoms with Gasteiger partial charge in [-0.2, -0.15) is 0 Å². The molecule has 3 aromatic rings. The van der Waals surface area contributed by atoms with Gasteiger partial charge < -0.3 is 9.47 Å². The second-order valence-electron chi connectivity index (χ2n) is 5.38. The average molecular weight is 440 g/mol. The number of sulfonamides is 1. The van der Waals surface area contributed by atoms with Crippen molar-refractivity contribution in [2.75, 3.05) is 18.9 Å². The fourth-order valence-electron chi connectivity index (χ4n) is 2.23. The summed E-state index contributed by atoms with van der Waals surface area (Å²) in [7, 11) is -1.26. The number of methoxy groups -OCH3 is 2. The zero-order valence-corrected chi connectivity index (χ0v) is 17.1. The van der Waals surface area contributed by atoms with Gasteiger partial charge >= 0.3 is 5.97 Å². The zero-order valence-electron chi connectivity index (χ0n) is 14.7. The third-order valence-corrected chi connectivity index (χ3v) is 6.32. The number of halogens is 1. The lowest BCUT2D eigenvalue weighted by molar-refractivity contribution is 0.0600. The molecule has 0 fully saturated rings. The second-order valence-corrected chi connectivity index (χ2v) is 8.45. The van der Waals surface area contributed by atoms with Crippen molar-refractivity contribution in [1.29, 1.82) is 0 Å². The van der Waals surface area contributed by atoms with E-state index in [1.807, 2.05) is 0 Å². The van der Waals surface area contributed by atoms with E-state index in [1.165, 1.54) is 19.2 Å². The number of nitrogens with zero attached hydrogens (tertiary/aromatic N) is 2. The Bertz CT molecular complexity index is 1110. The van der Waals surface area contributed by atoms with Crippen LogP contribution in [0.25, 0.3) is 10.6 Å². The van der Waals surface area contributed by atoms with Gasteiger partial charge in [0, 0.05) is 5.56 Å². The molecule has 0 aliphatic rings. The first-order valence-electron chi connectivity index (χ1n) is 7.72. The molecule has 0 radical (unpaired) electrons. The number of ether oxygens (including phenoxy) is 2. The fourth-order valence-corrected chi connectivity index (χ4v) is 4.43. The number of carbonyl (C=O) groups excluding carboxylic acids is 1. The molecule has 146 valence electrons. The van der Waals surface area contributed by atoms with Gasteiger partial charge in [-0.05, 0) is 42.5 Å². The van der Waals surface area contributed by atoms with E-state index in [1.54, 1.807) is 31.4 Å². The van der Waals surface area contributed by atoms with Gasteiger partial charge in [0.2, 0.25) is 5.13 Å². The molecule has 0 saturated carbocycles. The predicted molar refractivity (Wildman–Crippen MR) is 105 cm³/mol. The van der Waals surface area contributed by atoms with E-state index in [0.717, 1.165) is 23.0 Å². The summed E-state index contributed by atoms with van der Waals surface area (Å²) < 4.78 is 37.3. The summed E-state index contributed by atoms with van der Waals surface area (Å²) in [6.45, 7) is 0. The van der Waals surface area contributed by atoms with Crippen molar-refractivity contribution >= 4 is 44.1 Å². The fraction of sp³-hybridized carbons (Fsp3) is 0.118. The van der Waals surface area contributed by atoms with Gasteiger partial charge in [-0.1, -0.05) is 22.9 Å². The Labute approximate surface area is 170 Å². The van der Waals surface area contributed by atoms with E-state index in [0.29, 0.717) is 10.8 Å². The van der Waals surface area contributed by atoms with Gasteiger partial charge in [-0.15, -0.1) is 10.2 Å². The number of benzene rings is 2. The topological polar surface area (TPSA) is 107 Å². The van der Waals surface area contributed by atoms with Crippen LogP contribution in [-0.4, -0.2) is 38.8 Å². The standard InChI is InChI=1S/C17H14ClN3O5S2/c1-25-11-5-3-10(4-6-11)15-19-20-17(27-15)21-28(23,24)12-7-8-14(18)13(9-12)16(22)26-2/h3-9H,1-2H3,(H,20,21). The van der Waals surface area contributed by atoms with Crippen LogP contribution in [0, 0.1) is 0 Å². The summed E-state index contributed by atoms with van der Waals surface area (Å²) >= 11 is 7.00. The molecule has 0 saturated heterocycles. The largest absolute Gasteiger partial charge is 0.497 e.